The Hall–Kier alpha value is -4.45. The molecule has 1 saturated heterocycles. The van der Waals surface area contributed by atoms with Crippen molar-refractivity contribution in [1.29, 1.82) is 0 Å². The lowest BCUT2D eigenvalue weighted by Gasteiger charge is -2.46. The average Bonchev–Trinajstić information content (AvgIpc) is 3.46. The fourth-order valence-electron chi connectivity index (χ4n) is 6.44. The van der Waals surface area contributed by atoms with Gasteiger partial charge in [0.1, 0.15) is 16.7 Å². The molecule has 45 heavy (non-hydrogen) atoms. The Balaban J connectivity index is 1.24. The molecule has 6 rings (SSSR count). The second-order valence-electron chi connectivity index (χ2n) is 12.0. The monoisotopic (exact) mass is 630 g/mol. The Bertz CT molecular complexity index is 1790. The number of aromatic nitrogens is 4. The number of nitrogens with zero attached hydrogens (tertiary/aromatic N) is 5. The SMILES string of the molecule is COc1ccc(C2(C(=O)N3CC(Oc4cc(-c5c(C)cccc5C)nc(NS(=O)(=O)c5cnn(C)c5)n4)C3)CCCCC2)cc1. The summed E-state index contributed by atoms with van der Waals surface area (Å²) in [5, 5.41) is 3.97. The van der Waals surface area contributed by atoms with Gasteiger partial charge in [0.25, 0.3) is 10.0 Å². The highest BCUT2D eigenvalue weighted by molar-refractivity contribution is 7.92. The number of nitrogens with one attached hydrogen (secondary N) is 1. The van der Waals surface area contributed by atoms with E-state index in [1.807, 2.05) is 61.2 Å². The molecule has 2 fully saturated rings. The number of ether oxygens (including phenoxy) is 2. The van der Waals surface area contributed by atoms with Crippen LogP contribution in [0.1, 0.15) is 48.8 Å². The predicted molar refractivity (Wildman–Crippen MR) is 170 cm³/mol. The number of hydrogen-bond donors (Lipinski definition) is 1. The Labute approximate surface area is 263 Å². The number of carbonyl (C=O) groups excluding carboxylic acids is 1. The number of rotatable bonds is 9. The maximum absolute atomic E-state index is 14.0. The van der Waals surface area contributed by atoms with E-state index in [0.717, 1.165) is 60.1 Å². The molecule has 0 atom stereocenters. The highest BCUT2D eigenvalue weighted by Gasteiger charge is 2.47. The first-order valence-electron chi connectivity index (χ1n) is 15.2. The first kappa shape index (κ1) is 30.6. The fraction of sp³-hybridized carbons (Fsp3) is 0.394. The van der Waals surface area contributed by atoms with E-state index in [0.29, 0.717) is 18.8 Å². The Morgan fingerprint density at radius 2 is 1.69 bits per heavy atom. The van der Waals surface area contributed by atoms with E-state index in [9.17, 15) is 13.2 Å². The van der Waals surface area contributed by atoms with Gasteiger partial charge in [0.15, 0.2) is 0 Å². The van der Waals surface area contributed by atoms with Gasteiger partial charge in [0.05, 0.1) is 37.5 Å². The lowest BCUT2D eigenvalue weighted by Crippen LogP contribution is -2.61. The third kappa shape index (κ3) is 6.11. The molecule has 3 heterocycles. The van der Waals surface area contributed by atoms with Crippen molar-refractivity contribution in [2.24, 2.45) is 7.05 Å². The summed E-state index contributed by atoms with van der Waals surface area (Å²) in [6.07, 6.45) is 7.13. The van der Waals surface area contributed by atoms with Crippen molar-refractivity contribution in [2.45, 2.75) is 62.4 Å². The molecular weight excluding hydrogens is 592 g/mol. The minimum atomic E-state index is -3.99. The van der Waals surface area contributed by atoms with Crippen molar-refractivity contribution in [3.63, 3.8) is 0 Å². The van der Waals surface area contributed by atoms with E-state index in [-0.39, 0.29) is 28.7 Å². The summed E-state index contributed by atoms with van der Waals surface area (Å²) < 4.78 is 41.8. The Kier molecular flexibility index (Phi) is 8.25. The number of carbonyl (C=O) groups is 1. The average molecular weight is 631 g/mol. The molecule has 1 amide bonds. The fourth-order valence-corrected chi connectivity index (χ4v) is 7.36. The topological polar surface area (TPSA) is 129 Å². The van der Waals surface area contributed by atoms with Crippen molar-refractivity contribution >= 4 is 21.9 Å². The number of methoxy groups -OCH3 is 1. The molecule has 2 aromatic carbocycles. The van der Waals surface area contributed by atoms with Gasteiger partial charge in [-0.3, -0.25) is 9.48 Å². The third-order valence-corrected chi connectivity index (χ3v) is 10.1. The van der Waals surface area contributed by atoms with Crippen LogP contribution in [0.4, 0.5) is 5.95 Å². The summed E-state index contributed by atoms with van der Waals surface area (Å²) >= 11 is 0. The zero-order chi connectivity index (χ0) is 31.8. The summed E-state index contributed by atoms with van der Waals surface area (Å²) in [6.45, 7) is 4.78. The Morgan fingerprint density at radius 1 is 1.00 bits per heavy atom. The molecule has 1 saturated carbocycles. The van der Waals surface area contributed by atoms with Crippen molar-refractivity contribution < 1.29 is 22.7 Å². The van der Waals surface area contributed by atoms with Crippen LogP contribution in [0.3, 0.4) is 0 Å². The number of anilines is 1. The van der Waals surface area contributed by atoms with Crippen molar-refractivity contribution in [1.82, 2.24) is 24.6 Å². The van der Waals surface area contributed by atoms with Gasteiger partial charge in [0.2, 0.25) is 17.7 Å². The number of sulfonamides is 1. The van der Waals surface area contributed by atoms with E-state index in [4.69, 9.17) is 9.47 Å². The molecule has 12 heteroatoms. The maximum atomic E-state index is 14.0. The molecule has 0 radical (unpaired) electrons. The molecule has 1 aliphatic heterocycles. The van der Waals surface area contributed by atoms with Crippen molar-refractivity contribution in [2.75, 3.05) is 24.9 Å². The number of hydrogen-bond acceptors (Lipinski definition) is 8. The first-order valence-corrected chi connectivity index (χ1v) is 16.6. The molecule has 2 aromatic heterocycles. The maximum Gasteiger partial charge on any atom is 0.267 e. The van der Waals surface area contributed by atoms with Gasteiger partial charge in [-0.2, -0.15) is 10.1 Å². The van der Waals surface area contributed by atoms with Gasteiger partial charge < -0.3 is 14.4 Å². The lowest BCUT2D eigenvalue weighted by atomic mass is 9.68. The minimum absolute atomic E-state index is 0.00445. The van der Waals surface area contributed by atoms with Gasteiger partial charge >= 0.3 is 0 Å². The number of aryl methyl sites for hydroxylation is 3. The van der Waals surface area contributed by atoms with E-state index < -0.39 is 15.4 Å². The largest absolute Gasteiger partial charge is 0.497 e. The van der Waals surface area contributed by atoms with Crippen LogP contribution in [-0.4, -0.2) is 65.3 Å². The normalized spacial score (nSPS) is 16.6. The molecule has 236 valence electrons. The predicted octanol–water partition coefficient (Wildman–Crippen LogP) is 4.80. The number of benzene rings is 2. The van der Waals surface area contributed by atoms with Crippen LogP contribution in [0, 0.1) is 13.8 Å². The second-order valence-corrected chi connectivity index (χ2v) is 13.6. The van der Waals surface area contributed by atoms with Gasteiger partial charge in [-0.25, -0.2) is 18.1 Å². The van der Waals surface area contributed by atoms with Gasteiger partial charge in [-0.15, -0.1) is 0 Å². The lowest BCUT2D eigenvalue weighted by molar-refractivity contribution is -0.148. The third-order valence-electron chi connectivity index (χ3n) is 8.84. The molecule has 0 bridgehead atoms. The molecule has 0 unspecified atom stereocenters. The van der Waals surface area contributed by atoms with Crippen LogP contribution in [-0.2, 0) is 27.3 Å². The van der Waals surface area contributed by atoms with Crippen molar-refractivity contribution in [3.05, 3.63) is 77.6 Å². The highest BCUT2D eigenvalue weighted by Crippen LogP contribution is 2.42. The summed E-state index contributed by atoms with van der Waals surface area (Å²) in [4.78, 5) is 24.9. The smallest absolute Gasteiger partial charge is 0.267 e. The van der Waals surface area contributed by atoms with Gasteiger partial charge in [-0.1, -0.05) is 49.6 Å². The molecule has 11 nitrogen and oxygen atoms in total. The quantitative estimate of drug-likeness (QED) is 0.280. The molecule has 4 aromatic rings. The second kappa shape index (κ2) is 12.2. The van der Waals surface area contributed by atoms with Gasteiger partial charge in [-0.05, 0) is 55.5 Å². The van der Waals surface area contributed by atoms with E-state index in [1.54, 1.807) is 20.2 Å². The molecule has 0 spiro atoms. The van der Waals surface area contributed by atoms with Crippen molar-refractivity contribution in [3.8, 4) is 22.9 Å². The van der Waals surface area contributed by atoms with Crippen LogP contribution in [0.25, 0.3) is 11.3 Å². The molecule has 1 N–H and O–H groups in total. The standard InChI is InChI=1S/C33H38N6O5S/c1-22-9-8-10-23(2)30(22)28-17-29(36-32(35-28)37-45(41,42)27-18-34-38(3)21-27)44-26-19-39(20-26)31(40)33(15-6-5-7-16-33)24-11-13-25(43-4)14-12-24/h8-14,17-18,21,26H,5-7,15-16,19-20H2,1-4H3,(H,35,36,37). The number of likely N-dealkylation sites (tertiary alicyclic amines) is 1. The molecular formula is C33H38N6O5S. The molecule has 2 aliphatic rings. The van der Waals surface area contributed by atoms with Crippen LogP contribution >= 0.6 is 0 Å². The number of amides is 1. The Morgan fingerprint density at radius 3 is 2.31 bits per heavy atom. The summed E-state index contributed by atoms with van der Waals surface area (Å²) in [7, 11) is -0.715. The van der Waals surface area contributed by atoms with Crippen LogP contribution in [0.15, 0.2) is 65.8 Å². The summed E-state index contributed by atoms with van der Waals surface area (Å²) in [5.41, 5.74) is 3.84. The first-order chi connectivity index (χ1) is 21.6. The van der Waals surface area contributed by atoms with E-state index in [1.165, 1.54) is 17.1 Å². The summed E-state index contributed by atoms with van der Waals surface area (Å²) in [6, 6.07) is 15.5. The molecule has 1 aliphatic carbocycles. The summed E-state index contributed by atoms with van der Waals surface area (Å²) in [5.74, 6) is 1.01. The van der Waals surface area contributed by atoms with Crippen LogP contribution < -0.4 is 14.2 Å². The highest BCUT2D eigenvalue weighted by atomic mass is 32.2. The van der Waals surface area contributed by atoms with Gasteiger partial charge in [0, 0.05) is 24.9 Å². The van der Waals surface area contributed by atoms with Crippen LogP contribution in [0.5, 0.6) is 11.6 Å². The van der Waals surface area contributed by atoms with E-state index >= 15 is 0 Å². The van der Waals surface area contributed by atoms with E-state index in [2.05, 4.69) is 19.8 Å². The zero-order valence-electron chi connectivity index (χ0n) is 26.0. The zero-order valence-corrected chi connectivity index (χ0v) is 26.8. The minimum Gasteiger partial charge on any atom is -0.497 e. The van der Waals surface area contributed by atoms with Crippen LogP contribution in [0.2, 0.25) is 0 Å².